The van der Waals surface area contributed by atoms with Gasteiger partial charge in [0.15, 0.2) is 5.96 Å². The Morgan fingerprint density at radius 1 is 1.38 bits per heavy atom. The Bertz CT molecular complexity index is 545. The molecule has 1 aromatic rings. The van der Waals surface area contributed by atoms with Gasteiger partial charge >= 0.3 is 6.18 Å². The maximum absolute atomic E-state index is 12.2. The van der Waals surface area contributed by atoms with E-state index in [0.29, 0.717) is 36.4 Å². The van der Waals surface area contributed by atoms with Crippen molar-refractivity contribution < 1.29 is 18.3 Å². The van der Waals surface area contributed by atoms with E-state index in [-0.39, 0.29) is 30.5 Å². The van der Waals surface area contributed by atoms with Crippen LogP contribution in [0.4, 0.5) is 13.2 Å². The SMILES string of the molecule is CCNC(=NCC(O)c1ccc(Cl)s1)NCCCN(C)CC(F)(F)F.I. The molecule has 0 spiro atoms. The quantitative estimate of drug-likeness (QED) is 0.199. The molecule has 0 aliphatic rings. The van der Waals surface area contributed by atoms with E-state index >= 15 is 0 Å². The molecule has 1 aromatic heterocycles. The van der Waals surface area contributed by atoms with Crippen molar-refractivity contribution in [2.45, 2.75) is 25.6 Å². The monoisotopic (exact) mass is 528 g/mol. The van der Waals surface area contributed by atoms with Gasteiger partial charge in [0, 0.05) is 18.0 Å². The van der Waals surface area contributed by atoms with E-state index < -0.39 is 18.8 Å². The third-order valence-electron chi connectivity index (χ3n) is 3.15. The minimum absolute atomic E-state index is 0. The average Bonchev–Trinajstić information content (AvgIpc) is 2.93. The summed E-state index contributed by atoms with van der Waals surface area (Å²) in [6.45, 7) is 2.60. The molecule has 0 amide bonds. The lowest BCUT2D eigenvalue weighted by Crippen LogP contribution is -2.39. The Hall–Kier alpha value is -0.300. The Balaban J connectivity index is 0.00000625. The second kappa shape index (κ2) is 13.0. The summed E-state index contributed by atoms with van der Waals surface area (Å²) in [5.41, 5.74) is 0. The van der Waals surface area contributed by atoms with Gasteiger partial charge in [-0.1, -0.05) is 11.6 Å². The fourth-order valence-electron chi connectivity index (χ4n) is 2.06. The van der Waals surface area contributed by atoms with Gasteiger partial charge in [-0.15, -0.1) is 35.3 Å². The molecule has 0 aliphatic heterocycles. The van der Waals surface area contributed by atoms with Crippen LogP contribution in [0, 0.1) is 0 Å². The molecule has 0 fully saturated rings. The molecule has 0 aromatic carbocycles. The molecule has 0 radical (unpaired) electrons. The third-order valence-corrected chi connectivity index (χ3v) is 4.48. The minimum Gasteiger partial charge on any atom is -0.386 e. The first-order valence-electron chi connectivity index (χ1n) is 7.92. The van der Waals surface area contributed by atoms with E-state index in [9.17, 15) is 18.3 Å². The summed E-state index contributed by atoms with van der Waals surface area (Å²) in [5, 5.41) is 16.2. The maximum Gasteiger partial charge on any atom is 0.401 e. The van der Waals surface area contributed by atoms with Gasteiger partial charge in [0.05, 0.1) is 17.4 Å². The largest absolute Gasteiger partial charge is 0.401 e. The molecule has 26 heavy (non-hydrogen) atoms. The lowest BCUT2D eigenvalue weighted by Gasteiger charge is -2.19. The zero-order valence-corrected chi connectivity index (χ0v) is 18.5. The Labute approximate surface area is 178 Å². The van der Waals surface area contributed by atoms with Crippen LogP contribution in [0.25, 0.3) is 0 Å². The summed E-state index contributed by atoms with van der Waals surface area (Å²) in [4.78, 5) is 6.26. The van der Waals surface area contributed by atoms with Crippen molar-refractivity contribution in [1.29, 1.82) is 0 Å². The van der Waals surface area contributed by atoms with Crippen LogP contribution in [0.15, 0.2) is 17.1 Å². The molecule has 11 heteroatoms. The molecule has 1 rings (SSSR count). The molecule has 152 valence electrons. The minimum atomic E-state index is -4.18. The van der Waals surface area contributed by atoms with Crippen molar-refractivity contribution in [1.82, 2.24) is 15.5 Å². The van der Waals surface area contributed by atoms with Gasteiger partial charge in [-0.25, -0.2) is 0 Å². The zero-order valence-electron chi connectivity index (χ0n) is 14.6. The van der Waals surface area contributed by atoms with E-state index in [1.165, 1.54) is 23.3 Å². The molecular weight excluding hydrogens is 504 g/mol. The highest BCUT2D eigenvalue weighted by Gasteiger charge is 2.28. The first-order chi connectivity index (χ1) is 11.7. The summed E-state index contributed by atoms with van der Waals surface area (Å²) in [7, 11) is 1.44. The van der Waals surface area contributed by atoms with E-state index in [2.05, 4.69) is 15.6 Å². The second-order valence-corrected chi connectivity index (χ2v) is 7.26. The maximum atomic E-state index is 12.2. The van der Waals surface area contributed by atoms with Crippen LogP contribution in [0.3, 0.4) is 0 Å². The summed E-state index contributed by atoms with van der Waals surface area (Å²) in [6.07, 6.45) is -4.38. The van der Waals surface area contributed by atoms with Crippen molar-refractivity contribution in [2.24, 2.45) is 4.99 Å². The number of hydrogen-bond acceptors (Lipinski definition) is 4. The van der Waals surface area contributed by atoms with Crippen molar-refractivity contribution in [2.75, 3.05) is 39.8 Å². The van der Waals surface area contributed by atoms with Crippen LogP contribution in [0.2, 0.25) is 4.34 Å². The standard InChI is InChI=1S/C15H24ClF3N4OS.HI/c1-3-20-14(21-7-4-8-23(2)10-15(17,18)19)22-9-11(24)12-5-6-13(16)25-12;/h5-6,11,24H,3-4,7-10H2,1-2H3,(H2,20,21,22);1H. The van der Waals surface area contributed by atoms with Gasteiger partial charge in [-0.3, -0.25) is 9.89 Å². The number of nitrogens with one attached hydrogen (secondary N) is 2. The molecule has 1 atom stereocenters. The number of halogens is 5. The van der Waals surface area contributed by atoms with Crippen LogP contribution >= 0.6 is 46.9 Å². The van der Waals surface area contributed by atoms with E-state index in [1.54, 1.807) is 12.1 Å². The van der Waals surface area contributed by atoms with Crippen LogP contribution in [0.1, 0.15) is 24.3 Å². The predicted molar refractivity (Wildman–Crippen MR) is 112 cm³/mol. The lowest BCUT2D eigenvalue weighted by atomic mass is 10.3. The summed E-state index contributed by atoms with van der Waals surface area (Å²) >= 11 is 7.14. The van der Waals surface area contributed by atoms with Crippen LogP contribution < -0.4 is 10.6 Å². The highest BCUT2D eigenvalue weighted by Crippen LogP contribution is 2.26. The Morgan fingerprint density at radius 3 is 2.62 bits per heavy atom. The molecule has 0 aliphatic carbocycles. The molecule has 1 unspecified atom stereocenters. The molecular formula is C15H25ClF3IN4OS. The number of thiophene rings is 1. The molecule has 3 N–H and O–H groups in total. The van der Waals surface area contributed by atoms with Crippen molar-refractivity contribution in [3.05, 3.63) is 21.3 Å². The fourth-order valence-corrected chi connectivity index (χ4v) is 3.10. The number of nitrogens with zero attached hydrogens (tertiary/aromatic N) is 2. The number of guanidine groups is 1. The van der Waals surface area contributed by atoms with Gasteiger partial charge in [0.1, 0.15) is 6.10 Å². The zero-order chi connectivity index (χ0) is 18.9. The molecule has 0 saturated carbocycles. The second-order valence-electron chi connectivity index (χ2n) is 5.51. The normalized spacial score (nSPS) is 13.5. The number of aliphatic imine (C=N–C) groups is 1. The van der Waals surface area contributed by atoms with Crippen LogP contribution in [-0.4, -0.2) is 61.9 Å². The fraction of sp³-hybridized carbons (Fsp3) is 0.667. The molecule has 0 saturated heterocycles. The summed E-state index contributed by atoms with van der Waals surface area (Å²) in [6, 6.07) is 3.47. The highest BCUT2D eigenvalue weighted by atomic mass is 127. The molecule has 0 bridgehead atoms. The number of hydrogen-bond donors (Lipinski definition) is 3. The first kappa shape index (κ1) is 25.7. The molecule has 1 heterocycles. The van der Waals surface area contributed by atoms with Crippen molar-refractivity contribution in [3.8, 4) is 0 Å². The van der Waals surface area contributed by atoms with Crippen LogP contribution in [-0.2, 0) is 0 Å². The van der Waals surface area contributed by atoms with Gasteiger partial charge in [0.25, 0.3) is 0 Å². The number of aliphatic hydroxyl groups excluding tert-OH is 1. The third kappa shape index (κ3) is 11.4. The first-order valence-corrected chi connectivity index (χ1v) is 9.11. The van der Waals surface area contributed by atoms with Crippen molar-refractivity contribution >= 4 is 52.9 Å². The highest BCUT2D eigenvalue weighted by molar-refractivity contribution is 14.0. The Kier molecular flexibility index (Phi) is 12.8. The number of aliphatic hydroxyl groups is 1. The van der Waals surface area contributed by atoms with Gasteiger partial charge in [0.2, 0.25) is 0 Å². The number of rotatable bonds is 9. The number of alkyl halides is 3. The van der Waals surface area contributed by atoms with Crippen molar-refractivity contribution in [3.63, 3.8) is 0 Å². The Morgan fingerprint density at radius 2 is 2.08 bits per heavy atom. The van der Waals surface area contributed by atoms with E-state index in [4.69, 9.17) is 11.6 Å². The smallest absolute Gasteiger partial charge is 0.386 e. The molecule has 5 nitrogen and oxygen atoms in total. The van der Waals surface area contributed by atoms with E-state index in [0.717, 1.165) is 4.88 Å². The topological polar surface area (TPSA) is 59.9 Å². The lowest BCUT2D eigenvalue weighted by molar-refractivity contribution is -0.143. The van der Waals surface area contributed by atoms with Crippen LogP contribution in [0.5, 0.6) is 0 Å². The van der Waals surface area contributed by atoms with Gasteiger partial charge in [-0.2, -0.15) is 13.2 Å². The summed E-state index contributed by atoms with van der Waals surface area (Å²) < 4.78 is 37.3. The summed E-state index contributed by atoms with van der Waals surface area (Å²) in [5.74, 6) is 0.516. The average molecular weight is 529 g/mol. The van der Waals surface area contributed by atoms with Gasteiger partial charge in [-0.05, 0) is 39.1 Å². The van der Waals surface area contributed by atoms with E-state index in [1.807, 2.05) is 6.92 Å². The van der Waals surface area contributed by atoms with Gasteiger partial charge < -0.3 is 15.7 Å². The predicted octanol–water partition coefficient (Wildman–Crippen LogP) is 3.49.